The Morgan fingerprint density at radius 2 is 2.25 bits per heavy atom. The number of carbonyl (C=O) groups is 1. The molecule has 0 aliphatic rings. The Labute approximate surface area is 117 Å². The topological polar surface area (TPSA) is 62.2 Å². The molecule has 0 aliphatic heterocycles. The molecule has 0 bridgehead atoms. The summed E-state index contributed by atoms with van der Waals surface area (Å²) in [5.41, 5.74) is 0.919. The molecule has 1 heterocycles. The summed E-state index contributed by atoms with van der Waals surface area (Å²) in [6.45, 7) is 2.05. The van der Waals surface area contributed by atoms with E-state index in [1.54, 1.807) is 30.3 Å². The summed E-state index contributed by atoms with van der Waals surface area (Å²) < 4.78 is 0. The summed E-state index contributed by atoms with van der Waals surface area (Å²) in [4.78, 5) is 15.6. The van der Waals surface area contributed by atoms with Crippen LogP contribution in [0.1, 0.15) is 30.1 Å². The van der Waals surface area contributed by atoms with Crippen LogP contribution in [0.25, 0.3) is 10.9 Å². The highest BCUT2D eigenvalue weighted by Gasteiger charge is 2.10. The summed E-state index contributed by atoms with van der Waals surface area (Å²) in [6.07, 6.45) is 6.86. The zero-order valence-corrected chi connectivity index (χ0v) is 11.3. The van der Waals surface area contributed by atoms with Gasteiger partial charge in [0.1, 0.15) is 5.82 Å². The number of aromatic carboxylic acids is 1. The number of nitrogens with one attached hydrogen (secondary N) is 1. The van der Waals surface area contributed by atoms with Gasteiger partial charge in [-0.2, -0.15) is 0 Å². The lowest BCUT2D eigenvalue weighted by molar-refractivity contribution is 0.0699. The summed E-state index contributed by atoms with van der Waals surface area (Å²) in [5.74, 6) is 2.40. The van der Waals surface area contributed by atoms with Crippen LogP contribution in [0.3, 0.4) is 0 Å². The number of hydrogen-bond acceptors (Lipinski definition) is 3. The van der Waals surface area contributed by atoms with Crippen molar-refractivity contribution in [2.75, 3.05) is 5.32 Å². The number of anilines is 1. The van der Waals surface area contributed by atoms with Gasteiger partial charge in [-0.3, -0.25) is 0 Å². The minimum Gasteiger partial charge on any atom is -0.478 e. The van der Waals surface area contributed by atoms with Crippen molar-refractivity contribution >= 4 is 22.7 Å². The molecule has 1 aromatic heterocycles. The van der Waals surface area contributed by atoms with Crippen molar-refractivity contribution in [2.45, 2.75) is 25.8 Å². The zero-order chi connectivity index (χ0) is 14.5. The number of carboxylic acids is 1. The number of carboxylic acid groups (broad SMARTS) is 1. The van der Waals surface area contributed by atoms with Gasteiger partial charge in [0.25, 0.3) is 0 Å². The lowest BCUT2D eigenvalue weighted by atomic mass is 10.1. The van der Waals surface area contributed by atoms with Crippen LogP contribution in [-0.4, -0.2) is 22.1 Å². The molecule has 2 rings (SSSR count). The van der Waals surface area contributed by atoms with Crippen LogP contribution < -0.4 is 5.32 Å². The van der Waals surface area contributed by atoms with E-state index in [2.05, 4.69) is 23.1 Å². The number of rotatable bonds is 5. The molecule has 1 aromatic carbocycles. The fourth-order valence-electron chi connectivity index (χ4n) is 2.07. The third-order valence-electron chi connectivity index (χ3n) is 3.17. The lowest BCUT2D eigenvalue weighted by Gasteiger charge is -2.15. The summed E-state index contributed by atoms with van der Waals surface area (Å²) in [7, 11) is 0. The maximum absolute atomic E-state index is 11.1. The maximum atomic E-state index is 11.1. The Morgan fingerprint density at radius 1 is 1.45 bits per heavy atom. The smallest absolute Gasteiger partial charge is 0.336 e. The van der Waals surface area contributed by atoms with Gasteiger partial charge in [-0.1, -0.05) is 13.0 Å². The van der Waals surface area contributed by atoms with Gasteiger partial charge in [-0.25, -0.2) is 9.78 Å². The summed E-state index contributed by atoms with van der Waals surface area (Å²) in [6, 6.07) is 8.81. The first-order chi connectivity index (χ1) is 9.65. The number of fused-ring (bicyclic) bond motifs is 1. The van der Waals surface area contributed by atoms with Gasteiger partial charge < -0.3 is 10.4 Å². The number of nitrogens with zero attached hydrogens (tertiary/aromatic N) is 1. The second kappa shape index (κ2) is 6.07. The van der Waals surface area contributed by atoms with Crippen molar-refractivity contribution in [1.29, 1.82) is 0 Å². The molecule has 0 aliphatic carbocycles. The predicted molar refractivity (Wildman–Crippen MR) is 79.9 cm³/mol. The monoisotopic (exact) mass is 268 g/mol. The molecule has 2 N–H and O–H groups in total. The minimum atomic E-state index is -0.947. The number of hydrogen-bond donors (Lipinski definition) is 2. The molecule has 20 heavy (non-hydrogen) atoms. The van der Waals surface area contributed by atoms with E-state index < -0.39 is 5.97 Å². The molecule has 0 spiro atoms. The average molecular weight is 268 g/mol. The molecule has 102 valence electrons. The van der Waals surface area contributed by atoms with Crippen molar-refractivity contribution in [2.24, 2.45) is 0 Å². The van der Waals surface area contributed by atoms with Crippen LogP contribution in [0.4, 0.5) is 5.82 Å². The summed E-state index contributed by atoms with van der Waals surface area (Å²) >= 11 is 0. The number of benzene rings is 1. The van der Waals surface area contributed by atoms with Gasteiger partial charge in [0.2, 0.25) is 0 Å². The Balaban J connectivity index is 2.35. The first-order valence-electron chi connectivity index (χ1n) is 6.48. The number of pyridine rings is 1. The predicted octanol–water partition coefficient (Wildman–Crippen LogP) is 3.15. The molecule has 0 saturated carbocycles. The fraction of sp³-hybridized carbons (Fsp3) is 0.250. The van der Waals surface area contributed by atoms with E-state index in [1.165, 1.54) is 0 Å². The lowest BCUT2D eigenvalue weighted by Crippen LogP contribution is -2.18. The van der Waals surface area contributed by atoms with Crippen molar-refractivity contribution in [3.63, 3.8) is 0 Å². The largest absolute Gasteiger partial charge is 0.478 e. The Morgan fingerprint density at radius 3 is 2.90 bits per heavy atom. The molecule has 0 amide bonds. The number of aromatic nitrogens is 1. The molecule has 0 saturated heterocycles. The molecule has 4 heteroatoms. The Bertz CT molecular complexity index is 674. The van der Waals surface area contributed by atoms with E-state index in [0.717, 1.165) is 6.42 Å². The van der Waals surface area contributed by atoms with E-state index in [1.807, 2.05) is 0 Å². The van der Waals surface area contributed by atoms with Gasteiger partial charge in [0.05, 0.1) is 11.1 Å². The quantitative estimate of drug-likeness (QED) is 0.818. The van der Waals surface area contributed by atoms with E-state index in [9.17, 15) is 4.79 Å². The molecule has 0 radical (unpaired) electrons. The minimum absolute atomic E-state index is 0.174. The zero-order valence-electron chi connectivity index (χ0n) is 11.3. The molecule has 0 fully saturated rings. The molecule has 2 aromatic rings. The van der Waals surface area contributed by atoms with Crippen molar-refractivity contribution in [3.05, 3.63) is 35.9 Å². The second-order valence-corrected chi connectivity index (χ2v) is 4.53. The molecule has 4 nitrogen and oxygen atoms in total. The van der Waals surface area contributed by atoms with Gasteiger partial charge >= 0.3 is 5.97 Å². The molecular weight excluding hydrogens is 252 g/mol. The third-order valence-corrected chi connectivity index (χ3v) is 3.17. The maximum Gasteiger partial charge on any atom is 0.336 e. The van der Waals surface area contributed by atoms with Crippen LogP contribution in [-0.2, 0) is 0 Å². The van der Waals surface area contributed by atoms with Gasteiger partial charge in [-0.15, -0.1) is 12.3 Å². The normalized spacial score (nSPS) is 11.8. The van der Waals surface area contributed by atoms with Crippen LogP contribution in [0.15, 0.2) is 30.3 Å². The van der Waals surface area contributed by atoms with E-state index in [-0.39, 0.29) is 11.6 Å². The van der Waals surface area contributed by atoms with Crippen molar-refractivity contribution < 1.29 is 9.90 Å². The van der Waals surface area contributed by atoms with Crippen LogP contribution in [0.5, 0.6) is 0 Å². The van der Waals surface area contributed by atoms with Gasteiger partial charge in [-0.05, 0) is 30.7 Å². The van der Waals surface area contributed by atoms with Crippen molar-refractivity contribution in [1.82, 2.24) is 4.98 Å². The second-order valence-electron chi connectivity index (χ2n) is 4.53. The van der Waals surface area contributed by atoms with Crippen LogP contribution >= 0.6 is 0 Å². The average Bonchev–Trinajstić information content (AvgIpc) is 2.45. The Hall–Kier alpha value is -2.54. The molecule has 1 atom stereocenters. The number of terminal acetylenes is 1. The fourth-order valence-corrected chi connectivity index (χ4v) is 2.07. The third kappa shape index (κ3) is 2.89. The van der Waals surface area contributed by atoms with E-state index in [4.69, 9.17) is 11.5 Å². The van der Waals surface area contributed by atoms with Crippen molar-refractivity contribution in [3.8, 4) is 12.3 Å². The summed E-state index contributed by atoms with van der Waals surface area (Å²) in [5, 5.41) is 13.0. The highest BCUT2D eigenvalue weighted by atomic mass is 16.4. The Kier molecular flexibility index (Phi) is 4.21. The van der Waals surface area contributed by atoms with E-state index in [0.29, 0.717) is 23.1 Å². The standard InChI is InChI=1S/C16H16N2O2/c1-3-6-11(4-2)17-15-10-9-12-13(16(19)20)7-5-8-14(12)18-15/h1,5,7-11H,4,6H2,2H3,(H,17,18)(H,19,20). The van der Waals surface area contributed by atoms with Gasteiger partial charge in [0.15, 0.2) is 0 Å². The molecular formula is C16H16N2O2. The van der Waals surface area contributed by atoms with Gasteiger partial charge in [0, 0.05) is 17.8 Å². The first kappa shape index (κ1) is 13.9. The van der Waals surface area contributed by atoms with E-state index >= 15 is 0 Å². The SMILES string of the molecule is C#CCC(CC)Nc1ccc2c(C(=O)O)cccc2n1. The van der Waals surface area contributed by atoms with Crippen LogP contribution in [0.2, 0.25) is 0 Å². The van der Waals surface area contributed by atoms with Crippen LogP contribution in [0, 0.1) is 12.3 Å². The first-order valence-corrected chi connectivity index (χ1v) is 6.48. The highest BCUT2D eigenvalue weighted by molar-refractivity contribution is 6.02. The highest BCUT2D eigenvalue weighted by Crippen LogP contribution is 2.20. The molecule has 1 unspecified atom stereocenters.